The average Bonchev–Trinajstić information content (AvgIpc) is 3.40. The molecule has 0 aromatic carbocycles. The Labute approximate surface area is 478 Å². The van der Waals surface area contributed by atoms with Gasteiger partial charge < -0.3 is 28.5 Å². The molecule has 0 bridgehead atoms. The Bertz CT molecular complexity index is 1840. The minimum atomic E-state index is -4.73. The first kappa shape index (κ1) is 73.9. The van der Waals surface area contributed by atoms with E-state index in [1.807, 2.05) is 27.2 Å². The number of hydrogen-bond donors (Lipinski definition) is 1. The number of hydrogen-bond acceptors (Lipinski definition) is 7. The van der Waals surface area contributed by atoms with Crippen molar-refractivity contribution in [1.29, 1.82) is 0 Å². The number of quaternary nitrogens is 1. The summed E-state index contributed by atoms with van der Waals surface area (Å²) in [6, 6.07) is -0.937. The maximum Gasteiger partial charge on any atom is 0.306 e. The zero-order chi connectivity index (χ0) is 57.2. The second-order valence-electron chi connectivity index (χ2n) is 21.1. The molecular formula is C68H113N2O7P. The Hall–Kier alpha value is -4.11. The van der Waals surface area contributed by atoms with Gasteiger partial charge in [-0.3, -0.25) is 14.2 Å². The van der Waals surface area contributed by atoms with Crippen LogP contribution in [-0.4, -0.2) is 69.4 Å². The summed E-state index contributed by atoms with van der Waals surface area (Å²) in [5.41, 5.74) is 0. The highest BCUT2D eigenvalue weighted by Gasteiger charge is 2.27. The number of rotatable bonds is 53. The third kappa shape index (κ3) is 56.6. The van der Waals surface area contributed by atoms with E-state index < -0.39 is 32.5 Å². The Morgan fingerprint density at radius 1 is 0.462 bits per heavy atom. The van der Waals surface area contributed by atoms with Crippen LogP contribution in [0.1, 0.15) is 220 Å². The van der Waals surface area contributed by atoms with E-state index in [0.29, 0.717) is 23.9 Å². The fourth-order valence-electron chi connectivity index (χ4n) is 7.84. The van der Waals surface area contributed by atoms with Gasteiger partial charge in [0.2, 0.25) is 5.91 Å². The average molecular weight is 1100 g/mol. The first-order valence-corrected chi connectivity index (χ1v) is 32.1. The van der Waals surface area contributed by atoms with Crippen LogP contribution in [0.4, 0.5) is 0 Å². The summed E-state index contributed by atoms with van der Waals surface area (Å²) in [6.45, 7) is 6.53. The van der Waals surface area contributed by atoms with Gasteiger partial charge in [0, 0.05) is 12.8 Å². The molecule has 0 spiro atoms. The zero-order valence-corrected chi connectivity index (χ0v) is 51.2. The zero-order valence-electron chi connectivity index (χ0n) is 50.3. The van der Waals surface area contributed by atoms with Gasteiger partial charge in [-0.25, -0.2) is 0 Å². The molecule has 0 fully saturated rings. The maximum absolute atomic E-state index is 13.5. The number of carbonyl (C=O) groups excluding carboxylic acids is 2. The molecule has 9 nitrogen and oxygen atoms in total. The van der Waals surface area contributed by atoms with E-state index in [0.717, 1.165) is 122 Å². The topological polar surface area (TPSA) is 114 Å². The Morgan fingerprint density at radius 3 is 1.24 bits per heavy atom. The molecule has 0 aliphatic carbocycles. The van der Waals surface area contributed by atoms with E-state index in [1.54, 1.807) is 6.08 Å². The van der Waals surface area contributed by atoms with Gasteiger partial charge in [-0.05, 0) is 128 Å². The largest absolute Gasteiger partial charge is 0.756 e. The van der Waals surface area contributed by atoms with Gasteiger partial charge in [-0.1, -0.05) is 225 Å². The van der Waals surface area contributed by atoms with E-state index in [9.17, 15) is 19.0 Å². The van der Waals surface area contributed by atoms with Crippen molar-refractivity contribution in [3.8, 4) is 0 Å². The van der Waals surface area contributed by atoms with Crippen LogP contribution in [0.5, 0.6) is 0 Å². The van der Waals surface area contributed by atoms with Gasteiger partial charge in [-0.2, -0.15) is 0 Å². The van der Waals surface area contributed by atoms with Crippen molar-refractivity contribution in [2.75, 3.05) is 40.9 Å². The molecule has 0 saturated carbocycles. The van der Waals surface area contributed by atoms with Crippen molar-refractivity contribution in [3.63, 3.8) is 0 Å². The molecule has 0 saturated heterocycles. The summed E-state index contributed by atoms with van der Waals surface area (Å²) >= 11 is 0. The number of likely N-dealkylation sites (N-methyl/N-ethyl adjacent to an activating group) is 1. The molecule has 0 heterocycles. The van der Waals surface area contributed by atoms with Gasteiger partial charge in [0.05, 0.1) is 33.8 Å². The van der Waals surface area contributed by atoms with Gasteiger partial charge in [0.25, 0.3) is 7.82 Å². The van der Waals surface area contributed by atoms with Crippen LogP contribution in [0.2, 0.25) is 0 Å². The second kappa shape index (κ2) is 56.2. The number of nitrogens with one attached hydrogen (secondary N) is 1. The van der Waals surface area contributed by atoms with Crippen LogP contribution in [0.15, 0.2) is 146 Å². The van der Waals surface area contributed by atoms with E-state index in [1.165, 1.54) is 51.4 Å². The summed E-state index contributed by atoms with van der Waals surface area (Å²) in [5.74, 6) is -0.643. The molecule has 1 amide bonds. The smallest absolute Gasteiger partial charge is 0.306 e. The number of nitrogens with zero attached hydrogens (tertiary/aromatic N) is 1. The predicted octanol–water partition coefficient (Wildman–Crippen LogP) is 18.4. The molecule has 78 heavy (non-hydrogen) atoms. The van der Waals surface area contributed by atoms with Crippen LogP contribution >= 0.6 is 7.82 Å². The molecule has 0 rings (SSSR count). The molecule has 0 aliphatic heterocycles. The molecule has 10 heteroatoms. The van der Waals surface area contributed by atoms with Crippen LogP contribution in [0.25, 0.3) is 0 Å². The van der Waals surface area contributed by atoms with Gasteiger partial charge >= 0.3 is 5.97 Å². The quantitative estimate of drug-likeness (QED) is 0.0212. The number of phosphoric acid groups is 1. The Morgan fingerprint density at radius 2 is 0.821 bits per heavy atom. The lowest BCUT2D eigenvalue weighted by molar-refractivity contribution is -0.870. The summed E-state index contributed by atoms with van der Waals surface area (Å²) in [5, 5.41) is 2.99. The standard InChI is InChI=1S/C68H113N2O7P/c1-7-10-13-16-19-22-25-28-30-32-34-35-37-38-40-42-45-48-51-54-57-60-67(71)69-65(64-76-78(73,74)75-63-62-70(4,5)6)66(59-56-53-50-47-44-27-24-21-18-15-12-9-3)77-68(72)61-58-55-52-49-46-43-41-39-36-33-31-29-26-23-20-17-14-11-8-2/h10-11,13-14,19-20,22-23,28-31,34-36,38-40,43,45-46,48,56,59,65-66H,7-9,12,15-18,21,24-27,32-33,37,41-42,44,47,49-55,57-58,60-64H2,1-6H3,(H-,69,71,73,74)/b13-10-,14-11-,22-19-,23-20-,30-28-,31-29-,35-34-,39-36-,40-38-,46-43-,48-45-,59-56+. The number of amides is 1. The lowest BCUT2D eigenvalue weighted by atomic mass is 10.1. The summed E-state index contributed by atoms with van der Waals surface area (Å²) in [4.78, 5) is 40.0. The van der Waals surface area contributed by atoms with Crippen LogP contribution in [-0.2, 0) is 27.9 Å². The van der Waals surface area contributed by atoms with Crippen molar-refractivity contribution in [2.45, 2.75) is 232 Å². The van der Waals surface area contributed by atoms with E-state index in [4.69, 9.17) is 13.8 Å². The Balaban J connectivity index is 5.43. The summed E-state index contributed by atoms with van der Waals surface area (Å²) in [7, 11) is 1.11. The van der Waals surface area contributed by atoms with Crippen LogP contribution in [0.3, 0.4) is 0 Å². The third-order valence-corrected chi connectivity index (χ3v) is 13.5. The second-order valence-corrected chi connectivity index (χ2v) is 22.5. The number of carbonyl (C=O) groups is 2. The number of esters is 1. The van der Waals surface area contributed by atoms with Gasteiger partial charge in [-0.15, -0.1) is 0 Å². The lowest BCUT2D eigenvalue weighted by Gasteiger charge is -2.30. The highest BCUT2D eigenvalue weighted by atomic mass is 31.2. The first-order valence-electron chi connectivity index (χ1n) is 30.6. The minimum Gasteiger partial charge on any atom is -0.756 e. The molecule has 0 radical (unpaired) electrons. The van der Waals surface area contributed by atoms with Crippen molar-refractivity contribution in [3.05, 3.63) is 146 Å². The third-order valence-electron chi connectivity index (χ3n) is 12.5. The molecule has 0 aromatic rings. The van der Waals surface area contributed by atoms with Gasteiger partial charge in [0.1, 0.15) is 19.3 Å². The van der Waals surface area contributed by atoms with E-state index in [2.05, 4.69) is 160 Å². The van der Waals surface area contributed by atoms with Crippen LogP contribution < -0.4 is 10.2 Å². The monoisotopic (exact) mass is 1100 g/mol. The fraction of sp³-hybridized carbons (Fsp3) is 0.618. The minimum absolute atomic E-state index is 0.0453. The van der Waals surface area contributed by atoms with Crippen molar-refractivity contribution < 1.29 is 37.3 Å². The first-order chi connectivity index (χ1) is 37.9. The Kier molecular flexibility index (Phi) is 53.2. The van der Waals surface area contributed by atoms with Crippen LogP contribution in [0, 0.1) is 0 Å². The number of allylic oxidation sites excluding steroid dienone is 23. The van der Waals surface area contributed by atoms with E-state index >= 15 is 0 Å². The highest BCUT2D eigenvalue weighted by Crippen LogP contribution is 2.38. The molecule has 1 N–H and O–H groups in total. The molecule has 3 unspecified atom stereocenters. The van der Waals surface area contributed by atoms with Gasteiger partial charge in [0.15, 0.2) is 0 Å². The van der Waals surface area contributed by atoms with Crippen molar-refractivity contribution >= 4 is 19.7 Å². The van der Waals surface area contributed by atoms with E-state index in [-0.39, 0.29) is 25.4 Å². The maximum atomic E-state index is 13.5. The highest BCUT2D eigenvalue weighted by molar-refractivity contribution is 7.45. The lowest BCUT2D eigenvalue weighted by Crippen LogP contribution is -2.47. The summed E-state index contributed by atoms with van der Waals surface area (Å²) in [6.07, 6.45) is 81.0. The molecule has 0 aromatic heterocycles. The number of phosphoric ester groups is 1. The van der Waals surface area contributed by atoms with Crippen molar-refractivity contribution in [1.82, 2.24) is 5.32 Å². The SMILES string of the molecule is CC/C=C\C/C=C\C/C=C\C/C=C\C/C=C\C/C=C\CCCCC(=O)NC(COP(=O)([O-])OCC[N+](C)(C)C)C(/C=C/CCCCCCCCCCCC)OC(=O)CCCCC/C=C\C/C=C\C/C=C\C/C=C\C/C=C\CC. The number of ether oxygens (including phenoxy) is 1. The molecule has 3 atom stereocenters. The number of unbranched alkanes of at least 4 members (excludes halogenated alkanes) is 15. The molecule has 442 valence electrons. The van der Waals surface area contributed by atoms with Crippen molar-refractivity contribution in [2.24, 2.45) is 0 Å². The molecular weight excluding hydrogens is 988 g/mol. The predicted molar refractivity (Wildman–Crippen MR) is 334 cm³/mol. The normalized spacial score (nSPS) is 14.7. The fourth-order valence-corrected chi connectivity index (χ4v) is 8.57. The molecule has 0 aliphatic rings. The summed E-state index contributed by atoms with van der Waals surface area (Å²) < 4.78 is 30.2.